The van der Waals surface area contributed by atoms with Gasteiger partial charge in [0.2, 0.25) is 5.91 Å². The maximum absolute atomic E-state index is 12.0. The Morgan fingerprint density at radius 3 is 2.65 bits per heavy atom. The molecule has 8 nitrogen and oxygen atoms in total. The predicted molar refractivity (Wildman–Crippen MR) is 148 cm³/mol. The summed E-state index contributed by atoms with van der Waals surface area (Å²) in [5.41, 5.74) is 5.68. The average Bonchev–Trinajstić information content (AvgIpc) is 2.84. The molecule has 1 atom stereocenters. The monoisotopic (exact) mass is 519 g/mol. The molecule has 1 rings (SSSR count). The second-order valence-corrected chi connectivity index (χ2v) is 9.38. The van der Waals surface area contributed by atoms with Crippen molar-refractivity contribution in [3.63, 3.8) is 0 Å². The van der Waals surface area contributed by atoms with Crippen molar-refractivity contribution >= 4 is 33.4 Å². The zero-order chi connectivity index (χ0) is 25.6. The van der Waals surface area contributed by atoms with Gasteiger partial charge < -0.3 is 30.6 Å². The van der Waals surface area contributed by atoms with Crippen LogP contribution in [0.4, 0.5) is 0 Å². The molecule has 0 saturated heterocycles. The number of carbonyl (C=O) groups is 2. The molecule has 1 aromatic carbocycles. The highest BCUT2D eigenvalue weighted by molar-refractivity contribution is 8.76. The molecule has 198 valence electrons. The Balaban J connectivity index is -0.00000106. The van der Waals surface area contributed by atoms with Crippen molar-refractivity contribution < 1.29 is 28.1 Å². The van der Waals surface area contributed by atoms with Gasteiger partial charge in [0.25, 0.3) is 5.91 Å². The summed E-state index contributed by atoms with van der Waals surface area (Å²) in [7, 11) is 3.09. The van der Waals surface area contributed by atoms with Crippen LogP contribution in [-0.2, 0) is 14.3 Å². The summed E-state index contributed by atoms with van der Waals surface area (Å²) in [6.45, 7) is 9.97. The van der Waals surface area contributed by atoms with Gasteiger partial charge >= 0.3 is 0 Å². The van der Waals surface area contributed by atoms with E-state index < -0.39 is 0 Å². The Morgan fingerprint density at radius 1 is 1.21 bits per heavy atom. The summed E-state index contributed by atoms with van der Waals surface area (Å²) < 4.78 is 16.9. The number of hydrogen-bond donors (Lipinski definition) is 3. The highest BCUT2D eigenvalue weighted by Gasteiger charge is 2.12. The van der Waals surface area contributed by atoms with Gasteiger partial charge in [-0.1, -0.05) is 67.2 Å². The molecular formula is C24H45N3O5S2. The van der Waals surface area contributed by atoms with Crippen LogP contribution in [0, 0.1) is 17.8 Å². The van der Waals surface area contributed by atoms with E-state index in [9.17, 15) is 9.59 Å². The van der Waals surface area contributed by atoms with E-state index in [1.807, 2.05) is 34.0 Å². The summed E-state index contributed by atoms with van der Waals surface area (Å²) in [6.07, 6.45) is 1.95. The number of nitrogens with one attached hydrogen (secondary N) is 2. The van der Waals surface area contributed by atoms with Crippen molar-refractivity contribution in [3.05, 3.63) is 29.8 Å². The lowest BCUT2D eigenvalue weighted by Gasteiger charge is -2.17. The lowest BCUT2D eigenvalue weighted by atomic mass is 10.2. The molecule has 4 N–H and O–H groups in total. The van der Waals surface area contributed by atoms with E-state index >= 15 is 0 Å². The van der Waals surface area contributed by atoms with Crippen molar-refractivity contribution in [2.24, 2.45) is 11.7 Å². The second kappa shape index (κ2) is 21.6. The van der Waals surface area contributed by atoms with E-state index in [-0.39, 0.29) is 40.7 Å². The predicted octanol–water partition coefficient (Wildman–Crippen LogP) is 3.66. The van der Waals surface area contributed by atoms with Gasteiger partial charge in [-0.15, -0.1) is 0 Å². The first-order chi connectivity index (χ1) is 16.5. The number of nitrogens with two attached hydrogens (primary N) is 1. The van der Waals surface area contributed by atoms with Crippen molar-refractivity contribution in [2.75, 3.05) is 52.3 Å². The van der Waals surface area contributed by atoms with Gasteiger partial charge in [0.05, 0.1) is 19.8 Å². The summed E-state index contributed by atoms with van der Waals surface area (Å²) in [6, 6.07) is 6.94. The molecular weight excluding hydrogens is 474 g/mol. The minimum atomic E-state index is -0.233. The van der Waals surface area contributed by atoms with Crippen LogP contribution in [0.5, 0.6) is 5.75 Å². The number of ether oxygens (including phenoxy) is 3. The van der Waals surface area contributed by atoms with Crippen LogP contribution in [0.3, 0.4) is 0 Å². The minimum absolute atomic E-state index is 0. The average molecular weight is 520 g/mol. The zero-order valence-electron chi connectivity index (χ0n) is 20.8. The smallest absolute Gasteiger partial charge is 0.251 e. The first-order valence-electron chi connectivity index (χ1n) is 11.3. The van der Waals surface area contributed by atoms with Crippen molar-refractivity contribution in [1.82, 2.24) is 10.6 Å². The third-order valence-electron chi connectivity index (χ3n) is 3.65. The quantitative estimate of drug-likeness (QED) is 0.139. The molecule has 0 saturated carbocycles. The minimum Gasteiger partial charge on any atom is -0.490 e. The molecule has 0 heterocycles. The largest absolute Gasteiger partial charge is 0.490 e. The molecule has 2 amide bonds. The second-order valence-electron chi connectivity index (χ2n) is 6.75. The Bertz CT molecular complexity index is 769. The maximum Gasteiger partial charge on any atom is 0.251 e. The number of carbonyl (C=O) groups excluding carboxylic acids is 2. The summed E-state index contributed by atoms with van der Waals surface area (Å²) in [4.78, 5) is 23.7. The molecule has 0 aliphatic carbocycles. The van der Waals surface area contributed by atoms with Crippen LogP contribution >= 0.6 is 21.6 Å². The normalized spacial score (nSPS) is 10.9. The van der Waals surface area contributed by atoms with Gasteiger partial charge in [-0.05, 0) is 24.5 Å². The van der Waals surface area contributed by atoms with Gasteiger partial charge in [0.15, 0.2) is 0 Å². The van der Waals surface area contributed by atoms with Gasteiger partial charge in [0.1, 0.15) is 24.4 Å². The summed E-state index contributed by atoms with van der Waals surface area (Å²) in [5.74, 6) is 6.31. The Kier molecular flexibility index (Phi) is 20.4. The van der Waals surface area contributed by atoms with Gasteiger partial charge in [-0.2, -0.15) is 0 Å². The SMILES string of the molecule is CC.CSSC(COc1cccc(C(=O)NCCN)c1)OCCOCC(=O)NCC#CC(C)C.[HH].[HH].[HH]. The van der Waals surface area contributed by atoms with E-state index in [0.717, 1.165) is 0 Å². The number of benzene rings is 1. The number of rotatable bonds is 15. The zero-order valence-corrected chi connectivity index (χ0v) is 22.5. The summed E-state index contributed by atoms with van der Waals surface area (Å²) in [5, 5.41) is 5.41. The maximum atomic E-state index is 12.0. The third-order valence-corrected chi connectivity index (χ3v) is 5.55. The van der Waals surface area contributed by atoms with Crippen LogP contribution in [-0.4, -0.2) is 69.6 Å². The molecule has 0 aliphatic heterocycles. The first-order valence-corrected chi connectivity index (χ1v) is 13.9. The highest BCUT2D eigenvalue weighted by Crippen LogP contribution is 2.25. The van der Waals surface area contributed by atoms with Gasteiger partial charge in [-0.25, -0.2) is 0 Å². The van der Waals surface area contributed by atoms with Crippen LogP contribution in [0.25, 0.3) is 0 Å². The molecule has 10 heteroatoms. The molecule has 0 fully saturated rings. The standard InChI is InChI=1S/C22H33N3O5S2.C2H6.3H2/c1-17(2)6-5-10-24-20(26)15-28-12-13-29-21(32-31-3)16-30-19-8-4-7-18(14-19)22(27)25-11-9-23;1-2;;;/h4,7-8,14,17,21H,9-13,15-16,23H2,1-3H3,(H,24,26)(H,25,27);1-2H3;3*1H. The lowest BCUT2D eigenvalue weighted by Crippen LogP contribution is -2.29. The number of hydrogen-bond acceptors (Lipinski definition) is 8. The molecule has 0 aliphatic rings. The summed E-state index contributed by atoms with van der Waals surface area (Å²) >= 11 is 0. The van der Waals surface area contributed by atoms with E-state index in [1.54, 1.807) is 35.1 Å². The Hall–Kier alpha value is -1.90. The topological polar surface area (TPSA) is 112 Å². The van der Waals surface area contributed by atoms with E-state index in [0.29, 0.717) is 44.2 Å². The Morgan fingerprint density at radius 2 is 1.97 bits per heavy atom. The fourth-order valence-electron chi connectivity index (χ4n) is 2.24. The van der Waals surface area contributed by atoms with Crippen LogP contribution in [0.2, 0.25) is 0 Å². The van der Waals surface area contributed by atoms with Crippen LogP contribution in [0.1, 0.15) is 42.3 Å². The molecule has 1 unspecified atom stereocenters. The molecule has 34 heavy (non-hydrogen) atoms. The van der Waals surface area contributed by atoms with Gasteiger partial charge in [0, 0.05) is 28.9 Å². The van der Waals surface area contributed by atoms with E-state index in [4.69, 9.17) is 19.9 Å². The first kappa shape index (κ1) is 32.1. The number of amides is 2. The van der Waals surface area contributed by atoms with Crippen molar-refractivity contribution in [2.45, 2.75) is 33.1 Å². The molecule has 1 aromatic rings. The molecule has 0 bridgehead atoms. The molecule has 0 radical (unpaired) electrons. The van der Waals surface area contributed by atoms with E-state index in [2.05, 4.69) is 22.5 Å². The van der Waals surface area contributed by atoms with Crippen molar-refractivity contribution in [1.29, 1.82) is 0 Å². The Labute approximate surface area is 216 Å². The molecule has 0 spiro atoms. The van der Waals surface area contributed by atoms with Crippen LogP contribution in [0.15, 0.2) is 24.3 Å². The lowest BCUT2D eigenvalue weighted by molar-refractivity contribution is -0.126. The van der Waals surface area contributed by atoms with Crippen LogP contribution < -0.4 is 21.1 Å². The van der Waals surface area contributed by atoms with Crippen molar-refractivity contribution in [3.8, 4) is 17.6 Å². The molecule has 0 aromatic heterocycles. The fraction of sp³-hybridized carbons (Fsp3) is 0.583. The highest BCUT2D eigenvalue weighted by atomic mass is 33.1. The fourth-order valence-corrected chi connectivity index (χ4v) is 3.71. The van der Waals surface area contributed by atoms with Gasteiger partial charge in [-0.3, -0.25) is 9.59 Å². The third kappa shape index (κ3) is 16.7. The van der Waals surface area contributed by atoms with E-state index in [1.165, 1.54) is 10.8 Å².